The van der Waals surface area contributed by atoms with Gasteiger partial charge in [0.05, 0.1) is 13.2 Å². The zero-order chi connectivity index (χ0) is 29.1. The number of benzene rings is 1. The lowest BCUT2D eigenvalue weighted by atomic mass is 9.99. The lowest BCUT2D eigenvalue weighted by Crippen LogP contribution is -2.36. The fourth-order valence-corrected chi connectivity index (χ4v) is 3.85. The van der Waals surface area contributed by atoms with Gasteiger partial charge < -0.3 is 20.1 Å². The van der Waals surface area contributed by atoms with Gasteiger partial charge in [-0.2, -0.15) is 39.8 Å². The van der Waals surface area contributed by atoms with E-state index in [-0.39, 0.29) is 30.4 Å². The molecule has 3 aromatic rings. The molecule has 41 heavy (non-hydrogen) atoms. The summed E-state index contributed by atoms with van der Waals surface area (Å²) in [4.78, 5) is 22.2. The number of carbonyl (C=O) groups is 1. The largest absolute Gasteiger partial charge is 0.433 e. The Morgan fingerprint density at radius 1 is 1.07 bits per heavy atom. The number of nitrogens with zero attached hydrogens (tertiary/aromatic N) is 3. The normalized spacial score (nSPS) is 14.4. The van der Waals surface area contributed by atoms with Gasteiger partial charge >= 0.3 is 12.4 Å². The molecular weight excluding hydrogens is 574 g/mol. The van der Waals surface area contributed by atoms with Crippen molar-refractivity contribution in [2.45, 2.75) is 25.4 Å². The number of hydrogen-bond acceptors (Lipinski definition) is 6. The van der Waals surface area contributed by atoms with Crippen molar-refractivity contribution in [3.8, 4) is 23.0 Å². The third-order valence-electron chi connectivity index (χ3n) is 5.91. The highest BCUT2D eigenvalue weighted by atomic mass is 32.1. The molecular formula is C27H24F6N4O3S. The quantitative estimate of drug-likeness (QED) is 0.327. The first-order valence-corrected chi connectivity index (χ1v) is 11.9. The van der Waals surface area contributed by atoms with E-state index in [2.05, 4.69) is 21.2 Å². The minimum atomic E-state index is -4.92. The molecule has 1 amide bonds. The Bertz CT molecular complexity index is 1460. The summed E-state index contributed by atoms with van der Waals surface area (Å²) in [5, 5.41) is 11.9. The van der Waals surface area contributed by atoms with Crippen molar-refractivity contribution in [2.24, 2.45) is 0 Å². The average Bonchev–Trinajstić information content (AvgIpc) is 2.92. The Morgan fingerprint density at radius 3 is 2.44 bits per heavy atom. The molecule has 2 aromatic heterocycles. The number of aryl methyl sites for hydroxylation is 1. The van der Waals surface area contributed by atoms with Crippen molar-refractivity contribution in [2.75, 3.05) is 36.5 Å². The van der Waals surface area contributed by atoms with Crippen LogP contribution < -0.4 is 10.2 Å². The van der Waals surface area contributed by atoms with E-state index in [0.717, 1.165) is 17.8 Å². The second kappa shape index (κ2) is 12.8. The van der Waals surface area contributed by atoms with Crippen LogP contribution in [0.25, 0.3) is 11.1 Å². The number of nitrogens with one attached hydrogen (secondary N) is 1. The second-order valence-electron chi connectivity index (χ2n) is 8.82. The van der Waals surface area contributed by atoms with Crippen molar-refractivity contribution in [1.29, 1.82) is 0 Å². The number of rotatable bonds is 4. The molecule has 0 unspecified atom stereocenters. The maximum Gasteiger partial charge on any atom is 0.433 e. The number of amides is 1. The van der Waals surface area contributed by atoms with Crippen LogP contribution in [0.4, 0.5) is 37.8 Å². The van der Waals surface area contributed by atoms with Crippen LogP contribution in [0.3, 0.4) is 0 Å². The summed E-state index contributed by atoms with van der Waals surface area (Å²) in [5.41, 5.74) is 0.604. The Labute approximate surface area is 238 Å². The molecule has 1 aromatic carbocycles. The van der Waals surface area contributed by atoms with E-state index in [0.29, 0.717) is 49.3 Å². The maximum absolute atomic E-state index is 13.0. The van der Waals surface area contributed by atoms with Crippen LogP contribution in [0, 0.1) is 18.8 Å². The van der Waals surface area contributed by atoms with Crippen molar-refractivity contribution in [3.63, 3.8) is 0 Å². The minimum absolute atomic E-state index is 0. The number of aliphatic hydroxyl groups is 1. The van der Waals surface area contributed by atoms with Gasteiger partial charge in [0.25, 0.3) is 5.91 Å². The zero-order valence-electron chi connectivity index (χ0n) is 21.4. The predicted molar refractivity (Wildman–Crippen MR) is 144 cm³/mol. The first kappa shape index (κ1) is 31.7. The smallest absolute Gasteiger partial charge is 0.378 e. The van der Waals surface area contributed by atoms with Crippen LogP contribution in [0.1, 0.15) is 27.3 Å². The van der Waals surface area contributed by atoms with Crippen LogP contribution in [0.15, 0.2) is 48.7 Å². The Balaban J connectivity index is 0.00000462. The number of alkyl halides is 6. The number of aliphatic hydroxyl groups excluding tert-OH is 1. The fraction of sp³-hybridized carbons (Fsp3) is 0.296. The summed E-state index contributed by atoms with van der Waals surface area (Å²) in [6, 6.07) is 9.77. The molecule has 0 saturated carbocycles. The molecule has 1 fully saturated rings. The van der Waals surface area contributed by atoms with Gasteiger partial charge in [0.15, 0.2) is 0 Å². The van der Waals surface area contributed by atoms with Gasteiger partial charge in [-0.25, -0.2) is 4.98 Å². The highest BCUT2D eigenvalue weighted by molar-refractivity contribution is 7.59. The van der Waals surface area contributed by atoms with E-state index in [9.17, 15) is 36.2 Å². The van der Waals surface area contributed by atoms with Crippen molar-refractivity contribution >= 4 is 30.9 Å². The summed E-state index contributed by atoms with van der Waals surface area (Å²) in [5.74, 6) is 3.69. The summed E-state index contributed by atoms with van der Waals surface area (Å²) in [6.07, 6.45) is -11.6. The van der Waals surface area contributed by atoms with Gasteiger partial charge in [-0.05, 0) is 65.9 Å². The van der Waals surface area contributed by atoms with E-state index in [1.807, 2.05) is 4.90 Å². The van der Waals surface area contributed by atoms with Gasteiger partial charge in [-0.3, -0.25) is 9.78 Å². The van der Waals surface area contributed by atoms with Gasteiger partial charge in [-0.15, -0.1) is 0 Å². The summed E-state index contributed by atoms with van der Waals surface area (Å²) < 4.78 is 82.7. The predicted octanol–water partition coefficient (Wildman–Crippen LogP) is 4.95. The van der Waals surface area contributed by atoms with Gasteiger partial charge in [0, 0.05) is 30.5 Å². The fourth-order valence-electron chi connectivity index (χ4n) is 3.85. The number of morpholine rings is 1. The van der Waals surface area contributed by atoms with Gasteiger partial charge in [-0.1, -0.05) is 12.0 Å². The maximum atomic E-state index is 13.0. The molecule has 1 aliphatic rings. The molecule has 4 rings (SSSR count). The molecule has 2 N–H and O–H groups in total. The van der Waals surface area contributed by atoms with Crippen LogP contribution in [0.2, 0.25) is 0 Å². The molecule has 0 spiro atoms. The number of anilines is 2. The average molecular weight is 599 g/mol. The molecule has 14 heteroatoms. The first-order valence-electron chi connectivity index (χ1n) is 11.9. The van der Waals surface area contributed by atoms with Crippen molar-refractivity contribution in [3.05, 3.63) is 71.2 Å². The monoisotopic (exact) mass is 598 g/mol. The van der Waals surface area contributed by atoms with Crippen molar-refractivity contribution < 1.29 is 41.0 Å². The minimum Gasteiger partial charge on any atom is -0.378 e. The van der Waals surface area contributed by atoms with E-state index in [4.69, 9.17) is 4.74 Å². The summed E-state index contributed by atoms with van der Waals surface area (Å²) in [7, 11) is 0. The molecule has 1 saturated heterocycles. The Morgan fingerprint density at radius 2 is 1.78 bits per heavy atom. The van der Waals surface area contributed by atoms with E-state index in [1.165, 1.54) is 6.07 Å². The third-order valence-corrected chi connectivity index (χ3v) is 5.91. The summed E-state index contributed by atoms with van der Waals surface area (Å²) >= 11 is 0. The number of aromatic nitrogens is 2. The molecule has 0 radical (unpaired) electrons. The highest BCUT2D eigenvalue weighted by Crippen LogP contribution is 2.31. The lowest BCUT2D eigenvalue weighted by Gasteiger charge is -2.28. The van der Waals surface area contributed by atoms with E-state index in [1.54, 1.807) is 37.1 Å². The number of halogens is 6. The Hall–Kier alpha value is -3.80. The molecule has 1 atom stereocenters. The van der Waals surface area contributed by atoms with Crippen LogP contribution in [-0.2, 0) is 10.9 Å². The van der Waals surface area contributed by atoms with E-state index < -0.39 is 30.1 Å². The molecule has 218 valence electrons. The number of pyridine rings is 2. The highest BCUT2D eigenvalue weighted by Gasteiger charge is 2.37. The molecule has 0 bridgehead atoms. The van der Waals surface area contributed by atoms with Gasteiger partial charge in [0.1, 0.15) is 17.2 Å². The Kier molecular flexibility index (Phi) is 9.90. The molecule has 1 aliphatic heterocycles. The molecule has 7 nitrogen and oxygen atoms in total. The first-order chi connectivity index (χ1) is 18.8. The third kappa shape index (κ3) is 8.12. The van der Waals surface area contributed by atoms with Crippen LogP contribution >= 0.6 is 13.5 Å². The standard InChI is InChI=1S/C27H22F6N4O3.H2S/c1-16-2-3-20(36-25(39)17-6-7-34-22(13-17)26(28,29)30)15-21(16)18-12-19(4-5-23(38)27(31,32)33)35-24(14-18)37-8-10-40-11-9-37;/h2-3,6-7,12-15,23,38H,8-11H2,1H3,(H,36,39);1H2/t23-;/m0./s1. The topological polar surface area (TPSA) is 87.6 Å². The van der Waals surface area contributed by atoms with Gasteiger partial charge in [0.2, 0.25) is 6.10 Å². The SMILES string of the molecule is Cc1ccc(NC(=O)c2ccnc(C(F)(F)F)c2)cc1-c1cc(C#C[C@H](O)C(F)(F)F)nc(N2CCOCC2)c1.S. The molecule has 0 aliphatic carbocycles. The lowest BCUT2D eigenvalue weighted by molar-refractivity contribution is -0.184. The zero-order valence-corrected chi connectivity index (χ0v) is 22.4. The number of hydrogen-bond donors (Lipinski definition) is 2. The number of carbonyl (C=O) groups excluding carboxylic acids is 1. The number of ether oxygens (including phenoxy) is 1. The summed E-state index contributed by atoms with van der Waals surface area (Å²) in [6.45, 7) is 3.58. The second-order valence-corrected chi connectivity index (χ2v) is 8.82. The van der Waals surface area contributed by atoms with Crippen molar-refractivity contribution in [1.82, 2.24) is 9.97 Å². The van der Waals surface area contributed by atoms with Crippen LogP contribution in [0.5, 0.6) is 0 Å². The van der Waals surface area contributed by atoms with E-state index >= 15 is 0 Å². The molecule has 3 heterocycles. The van der Waals surface area contributed by atoms with Crippen LogP contribution in [-0.4, -0.2) is 59.6 Å².